The number of rotatable bonds is 1. The number of carbonyl (C=O) groups is 1. The lowest BCUT2D eigenvalue weighted by Gasteiger charge is -2.27. The van der Waals surface area contributed by atoms with Crippen LogP contribution >= 0.6 is 0 Å². The van der Waals surface area contributed by atoms with Crippen molar-refractivity contribution >= 4 is 5.91 Å². The molecule has 0 aromatic carbocycles. The largest absolute Gasteiger partial charge is 0.337 e. The van der Waals surface area contributed by atoms with E-state index < -0.39 is 0 Å². The van der Waals surface area contributed by atoms with Gasteiger partial charge in [-0.05, 0) is 31.1 Å². The minimum absolute atomic E-state index is 0.0867. The maximum atomic E-state index is 12.2. The van der Waals surface area contributed by atoms with E-state index in [1.165, 1.54) is 6.20 Å². The number of hydrogen-bond acceptors (Lipinski definition) is 3. The molecule has 1 amide bonds. The van der Waals surface area contributed by atoms with E-state index in [0.717, 1.165) is 32.4 Å². The number of nitrogens with zero attached hydrogens (tertiary/aromatic N) is 1. The third kappa shape index (κ3) is 1.96. The van der Waals surface area contributed by atoms with Crippen LogP contribution in [0.4, 0.5) is 0 Å². The summed E-state index contributed by atoms with van der Waals surface area (Å²) >= 11 is 0. The highest BCUT2D eigenvalue weighted by molar-refractivity contribution is 5.92. The molecule has 1 aliphatic carbocycles. The topological polar surface area (TPSA) is 95.0 Å². The smallest absolute Gasteiger partial charge is 0.323 e. The van der Waals surface area contributed by atoms with Crippen molar-refractivity contribution in [3.8, 4) is 0 Å². The number of H-pyrrole nitrogens is 2. The van der Waals surface area contributed by atoms with Crippen LogP contribution in [0.1, 0.15) is 29.8 Å². The summed E-state index contributed by atoms with van der Waals surface area (Å²) in [6.07, 6.45) is 4.62. The molecule has 1 aromatic heterocycles. The van der Waals surface area contributed by atoms with Crippen molar-refractivity contribution in [1.82, 2.24) is 14.9 Å². The number of nitrogens with two attached hydrogens (primary N) is 1. The summed E-state index contributed by atoms with van der Waals surface area (Å²) in [5.41, 5.74) is 5.98. The van der Waals surface area contributed by atoms with Gasteiger partial charge in [-0.25, -0.2) is 4.79 Å². The summed E-state index contributed by atoms with van der Waals surface area (Å²) in [6, 6.07) is 0.286. The van der Waals surface area contributed by atoms with Gasteiger partial charge in [0.2, 0.25) is 0 Å². The van der Waals surface area contributed by atoms with Gasteiger partial charge < -0.3 is 20.6 Å². The molecule has 2 heterocycles. The van der Waals surface area contributed by atoms with Crippen molar-refractivity contribution < 1.29 is 4.79 Å². The number of likely N-dealkylation sites (tertiary alicyclic amines) is 1. The zero-order chi connectivity index (χ0) is 12.7. The second-order valence-electron chi connectivity index (χ2n) is 5.46. The summed E-state index contributed by atoms with van der Waals surface area (Å²) in [5, 5.41) is 0. The van der Waals surface area contributed by atoms with E-state index in [1.807, 2.05) is 4.90 Å². The first-order chi connectivity index (χ1) is 8.63. The van der Waals surface area contributed by atoms with Crippen molar-refractivity contribution in [2.75, 3.05) is 13.1 Å². The van der Waals surface area contributed by atoms with E-state index >= 15 is 0 Å². The summed E-state index contributed by atoms with van der Waals surface area (Å²) in [6.45, 7) is 1.56. The molecule has 18 heavy (non-hydrogen) atoms. The average Bonchev–Trinajstić information content (AvgIpc) is 2.93. The Hall–Kier alpha value is -1.56. The van der Waals surface area contributed by atoms with E-state index in [2.05, 4.69) is 9.97 Å². The van der Waals surface area contributed by atoms with E-state index in [9.17, 15) is 9.59 Å². The van der Waals surface area contributed by atoms with Crippen LogP contribution in [0, 0.1) is 11.8 Å². The van der Waals surface area contributed by atoms with Gasteiger partial charge in [0.1, 0.15) is 5.69 Å². The predicted octanol–water partition coefficient (Wildman–Crippen LogP) is -0.0976. The van der Waals surface area contributed by atoms with Crippen LogP contribution in [-0.2, 0) is 0 Å². The van der Waals surface area contributed by atoms with Crippen LogP contribution in [0.2, 0.25) is 0 Å². The van der Waals surface area contributed by atoms with Crippen molar-refractivity contribution in [3.63, 3.8) is 0 Å². The zero-order valence-corrected chi connectivity index (χ0v) is 10.2. The van der Waals surface area contributed by atoms with Crippen molar-refractivity contribution in [2.45, 2.75) is 25.3 Å². The summed E-state index contributed by atoms with van der Waals surface area (Å²) in [5.74, 6) is 1.03. The third-order valence-electron chi connectivity index (χ3n) is 4.20. The third-order valence-corrected chi connectivity index (χ3v) is 4.20. The van der Waals surface area contributed by atoms with Crippen molar-refractivity contribution in [3.05, 3.63) is 22.4 Å². The number of imidazole rings is 1. The Morgan fingerprint density at radius 1 is 1.33 bits per heavy atom. The molecule has 1 aromatic rings. The molecular weight excluding hydrogens is 232 g/mol. The molecule has 0 radical (unpaired) electrons. The van der Waals surface area contributed by atoms with Crippen LogP contribution in [0.3, 0.4) is 0 Å². The van der Waals surface area contributed by atoms with Crippen LogP contribution in [-0.4, -0.2) is 39.9 Å². The summed E-state index contributed by atoms with van der Waals surface area (Å²) < 4.78 is 0. The van der Waals surface area contributed by atoms with Gasteiger partial charge >= 0.3 is 5.69 Å². The first-order valence-corrected chi connectivity index (χ1v) is 6.46. The summed E-state index contributed by atoms with van der Waals surface area (Å²) in [7, 11) is 0. The van der Waals surface area contributed by atoms with Crippen molar-refractivity contribution in [1.29, 1.82) is 0 Å². The molecule has 1 saturated carbocycles. The molecule has 98 valence electrons. The number of fused-ring (bicyclic) bond motifs is 1. The maximum Gasteiger partial charge on any atom is 0.323 e. The maximum absolute atomic E-state index is 12.2. The molecule has 0 bridgehead atoms. The highest BCUT2D eigenvalue weighted by Crippen LogP contribution is 2.35. The fourth-order valence-corrected chi connectivity index (χ4v) is 3.25. The Morgan fingerprint density at radius 3 is 2.83 bits per heavy atom. The molecule has 6 heteroatoms. The standard InChI is InChI=1S/C12H18N4O2/c13-9-2-1-7-5-16(6-8(7)3-9)11(17)10-4-14-12(18)15-10/h4,7-9H,1-3,5-6,13H2,(H2,14,15,18)/t7-,8+,9?/m1/s1. The lowest BCUT2D eigenvalue weighted by Crippen LogP contribution is -2.32. The van der Waals surface area contributed by atoms with Gasteiger partial charge in [0.15, 0.2) is 0 Å². The SMILES string of the molecule is NC1CC[C@@H]2CN(C(=O)c3c[nH]c(=O)[nH]3)C[C@@H]2C1. The number of aromatic amines is 2. The number of hydrogen-bond donors (Lipinski definition) is 3. The molecule has 1 aliphatic heterocycles. The van der Waals surface area contributed by atoms with Crippen LogP contribution < -0.4 is 11.4 Å². The second kappa shape index (κ2) is 4.28. The molecule has 0 spiro atoms. The Labute approximate surface area is 105 Å². The minimum Gasteiger partial charge on any atom is -0.337 e. The molecule has 1 saturated heterocycles. The second-order valence-corrected chi connectivity index (χ2v) is 5.46. The highest BCUT2D eigenvalue weighted by atomic mass is 16.2. The van der Waals surface area contributed by atoms with E-state index in [1.54, 1.807) is 0 Å². The lowest BCUT2D eigenvalue weighted by molar-refractivity contribution is 0.0778. The summed E-state index contributed by atoms with van der Waals surface area (Å²) in [4.78, 5) is 30.0. The van der Waals surface area contributed by atoms with Gasteiger partial charge in [0.25, 0.3) is 5.91 Å². The molecule has 3 rings (SSSR count). The van der Waals surface area contributed by atoms with Gasteiger partial charge in [0, 0.05) is 25.3 Å². The van der Waals surface area contributed by atoms with Crippen LogP contribution in [0.5, 0.6) is 0 Å². The normalized spacial score (nSPS) is 31.4. The van der Waals surface area contributed by atoms with Gasteiger partial charge in [0.05, 0.1) is 0 Å². The van der Waals surface area contributed by atoms with Gasteiger partial charge in [-0.2, -0.15) is 0 Å². The van der Waals surface area contributed by atoms with Crippen LogP contribution in [0.25, 0.3) is 0 Å². The van der Waals surface area contributed by atoms with Crippen molar-refractivity contribution in [2.24, 2.45) is 17.6 Å². The average molecular weight is 250 g/mol. The number of nitrogens with one attached hydrogen (secondary N) is 2. The fourth-order valence-electron chi connectivity index (χ4n) is 3.25. The number of aromatic nitrogens is 2. The first-order valence-electron chi connectivity index (χ1n) is 6.46. The van der Waals surface area contributed by atoms with Crippen LogP contribution in [0.15, 0.2) is 11.0 Å². The highest BCUT2D eigenvalue weighted by Gasteiger charge is 2.38. The molecule has 2 fully saturated rings. The van der Waals surface area contributed by atoms with E-state index in [-0.39, 0.29) is 17.6 Å². The van der Waals surface area contributed by atoms with E-state index in [4.69, 9.17) is 5.73 Å². The zero-order valence-electron chi connectivity index (χ0n) is 10.2. The monoisotopic (exact) mass is 250 g/mol. The minimum atomic E-state index is -0.336. The molecular formula is C12H18N4O2. The Kier molecular flexibility index (Phi) is 2.74. The van der Waals surface area contributed by atoms with Gasteiger partial charge in [-0.3, -0.25) is 4.79 Å². The molecule has 1 unspecified atom stereocenters. The lowest BCUT2D eigenvalue weighted by atomic mass is 9.79. The Bertz CT molecular complexity index is 506. The predicted molar refractivity (Wildman–Crippen MR) is 66.1 cm³/mol. The Balaban J connectivity index is 1.72. The number of carbonyl (C=O) groups excluding carboxylic acids is 1. The molecule has 3 atom stereocenters. The fraction of sp³-hybridized carbons (Fsp3) is 0.667. The number of amides is 1. The van der Waals surface area contributed by atoms with E-state index in [0.29, 0.717) is 17.5 Å². The Morgan fingerprint density at radius 2 is 2.11 bits per heavy atom. The quantitative estimate of drug-likeness (QED) is 0.649. The molecule has 2 aliphatic rings. The van der Waals surface area contributed by atoms with Gasteiger partial charge in [-0.1, -0.05) is 0 Å². The first kappa shape index (κ1) is 11.5. The molecule has 4 N–H and O–H groups in total. The molecule has 6 nitrogen and oxygen atoms in total. The van der Waals surface area contributed by atoms with Gasteiger partial charge in [-0.15, -0.1) is 0 Å².